The van der Waals surface area contributed by atoms with Crippen LogP contribution in [0.2, 0.25) is 0 Å². The van der Waals surface area contributed by atoms with Crippen LogP contribution in [0, 0.1) is 0 Å². The molecule has 1 saturated heterocycles. The number of para-hydroxylation sites is 1. The van der Waals surface area contributed by atoms with Crippen molar-refractivity contribution in [1.29, 1.82) is 0 Å². The lowest BCUT2D eigenvalue weighted by Gasteiger charge is -2.33. The van der Waals surface area contributed by atoms with E-state index in [4.69, 9.17) is 9.72 Å². The van der Waals surface area contributed by atoms with E-state index in [-0.39, 0.29) is 18.1 Å². The second-order valence-corrected chi connectivity index (χ2v) is 8.86. The third kappa shape index (κ3) is 4.72. The zero-order valence-electron chi connectivity index (χ0n) is 19.0. The van der Waals surface area contributed by atoms with Crippen molar-refractivity contribution in [2.24, 2.45) is 0 Å². The number of pyridine rings is 2. The number of fused-ring (bicyclic) bond motifs is 2. The predicted molar refractivity (Wildman–Crippen MR) is 130 cm³/mol. The van der Waals surface area contributed by atoms with Crippen molar-refractivity contribution in [3.05, 3.63) is 83.7 Å². The molecule has 0 saturated carbocycles. The van der Waals surface area contributed by atoms with Crippen molar-refractivity contribution >= 4 is 27.7 Å². The van der Waals surface area contributed by atoms with Crippen LogP contribution in [0.15, 0.2) is 66.9 Å². The highest BCUT2D eigenvalue weighted by atomic mass is 16.5. The van der Waals surface area contributed by atoms with E-state index in [1.165, 1.54) is 5.56 Å². The molecule has 33 heavy (non-hydrogen) atoms. The largest absolute Gasteiger partial charge is 0.369 e. The molecule has 1 amide bonds. The first-order valence-corrected chi connectivity index (χ1v) is 11.4. The van der Waals surface area contributed by atoms with Gasteiger partial charge in [0, 0.05) is 42.6 Å². The summed E-state index contributed by atoms with van der Waals surface area (Å²) in [5.41, 5.74) is 4.52. The van der Waals surface area contributed by atoms with Crippen LogP contribution < -0.4 is 5.32 Å². The fraction of sp³-hybridized carbons (Fsp3) is 0.296. The molecule has 5 rings (SSSR count). The van der Waals surface area contributed by atoms with Crippen molar-refractivity contribution in [2.45, 2.75) is 32.5 Å². The van der Waals surface area contributed by atoms with Crippen molar-refractivity contribution < 1.29 is 9.53 Å². The minimum atomic E-state index is -0.184. The van der Waals surface area contributed by atoms with Crippen molar-refractivity contribution in [3.63, 3.8) is 0 Å². The van der Waals surface area contributed by atoms with Gasteiger partial charge < -0.3 is 10.1 Å². The zero-order valence-corrected chi connectivity index (χ0v) is 19.0. The number of carbonyl (C=O) groups excluding carboxylic acids is 1. The standard InChI is InChI=1S/C27H28N4O2/c1-18(2)29-27(32)22-15-25(30-24-8-4-3-7-21(22)24)26-17-31(12-13-33-26)16-19-9-10-23-20(14-19)6-5-11-28-23/h3-11,14-15,18,26H,12-13,16-17H2,1-2H3,(H,29,32)/t26-/m0/s1. The van der Waals surface area contributed by atoms with Crippen LogP contribution in [0.4, 0.5) is 0 Å². The highest BCUT2D eigenvalue weighted by Crippen LogP contribution is 2.27. The van der Waals surface area contributed by atoms with Crippen LogP contribution in [-0.2, 0) is 11.3 Å². The van der Waals surface area contributed by atoms with E-state index < -0.39 is 0 Å². The number of hydrogen-bond acceptors (Lipinski definition) is 5. The summed E-state index contributed by atoms with van der Waals surface area (Å²) in [5, 5.41) is 5.02. The van der Waals surface area contributed by atoms with Gasteiger partial charge in [0.05, 0.1) is 28.9 Å². The number of amides is 1. The highest BCUT2D eigenvalue weighted by molar-refractivity contribution is 6.06. The lowest BCUT2D eigenvalue weighted by molar-refractivity contribution is -0.0348. The quantitative estimate of drug-likeness (QED) is 0.495. The fourth-order valence-corrected chi connectivity index (χ4v) is 4.40. The zero-order chi connectivity index (χ0) is 22.8. The lowest BCUT2D eigenvalue weighted by Crippen LogP contribution is -2.38. The van der Waals surface area contributed by atoms with E-state index in [9.17, 15) is 4.79 Å². The Morgan fingerprint density at radius 3 is 2.88 bits per heavy atom. The monoisotopic (exact) mass is 440 g/mol. The third-order valence-electron chi connectivity index (χ3n) is 5.95. The molecule has 1 fully saturated rings. The molecular formula is C27H28N4O2. The summed E-state index contributed by atoms with van der Waals surface area (Å²) in [6.45, 7) is 6.97. The lowest BCUT2D eigenvalue weighted by atomic mass is 10.0. The molecule has 2 aromatic carbocycles. The third-order valence-corrected chi connectivity index (χ3v) is 5.95. The van der Waals surface area contributed by atoms with Crippen molar-refractivity contribution in [2.75, 3.05) is 19.7 Å². The van der Waals surface area contributed by atoms with Crippen molar-refractivity contribution in [1.82, 2.24) is 20.2 Å². The second kappa shape index (κ2) is 9.25. The van der Waals surface area contributed by atoms with Crippen LogP contribution in [0.1, 0.15) is 41.6 Å². The normalized spacial score (nSPS) is 17.0. The topological polar surface area (TPSA) is 67.4 Å². The molecule has 3 heterocycles. The Labute approximate surface area is 193 Å². The first-order valence-electron chi connectivity index (χ1n) is 11.4. The van der Waals surface area contributed by atoms with Crippen LogP contribution in [-0.4, -0.2) is 46.5 Å². The minimum absolute atomic E-state index is 0.0615. The van der Waals surface area contributed by atoms with Gasteiger partial charge in [-0.2, -0.15) is 0 Å². The maximum atomic E-state index is 12.9. The van der Waals surface area contributed by atoms with Crippen molar-refractivity contribution in [3.8, 4) is 0 Å². The summed E-state index contributed by atoms with van der Waals surface area (Å²) < 4.78 is 6.12. The summed E-state index contributed by atoms with van der Waals surface area (Å²) in [5.74, 6) is -0.0812. The summed E-state index contributed by atoms with van der Waals surface area (Å²) in [4.78, 5) is 24.6. The van der Waals surface area contributed by atoms with Gasteiger partial charge in [0.2, 0.25) is 0 Å². The molecule has 1 N–H and O–H groups in total. The van der Waals surface area contributed by atoms with Crippen LogP contribution in [0.5, 0.6) is 0 Å². The van der Waals surface area contributed by atoms with E-state index >= 15 is 0 Å². The van der Waals surface area contributed by atoms with E-state index in [0.29, 0.717) is 12.2 Å². The van der Waals surface area contributed by atoms with Gasteiger partial charge in [-0.15, -0.1) is 0 Å². The smallest absolute Gasteiger partial charge is 0.252 e. The molecule has 168 valence electrons. The molecule has 0 aliphatic carbocycles. The summed E-state index contributed by atoms with van der Waals surface area (Å²) >= 11 is 0. The summed E-state index contributed by atoms with van der Waals surface area (Å²) in [7, 11) is 0. The van der Waals surface area contributed by atoms with Crippen LogP contribution in [0.25, 0.3) is 21.8 Å². The average molecular weight is 441 g/mol. The number of hydrogen-bond donors (Lipinski definition) is 1. The molecule has 0 spiro atoms. The fourth-order valence-electron chi connectivity index (χ4n) is 4.40. The van der Waals surface area contributed by atoms with E-state index in [1.54, 1.807) is 0 Å². The molecule has 1 aliphatic heterocycles. The number of aromatic nitrogens is 2. The summed E-state index contributed by atoms with van der Waals surface area (Å²) in [6, 6.07) is 20.2. The van der Waals surface area contributed by atoms with Gasteiger partial charge in [-0.05, 0) is 49.7 Å². The van der Waals surface area contributed by atoms with Gasteiger partial charge in [-0.3, -0.25) is 14.7 Å². The molecule has 6 heteroatoms. The molecule has 1 atom stereocenters. The maximum absolute atomic E-state index is 12.9. The van der Waals surface area contributed by atoms with E-state index in [0.717, 1.165) is 47.1 Å². The Balaban J connectivity index is 1.40. The van der Waals surface area contributed by atoms with Gasteiger partial charge in [0.15, 0.2) is 0 Å². The maximum Gasteiger partial charge on any atom is 0.252 e. The minimum Gasteiger partial charge on any atom is -0.369 e. The molecule has 6 nitrogen and oxygen atoms in total. The molecule has 2 aromatic heterocycles. The molecule has 0 radical (unpaired) electrons. The SMILES string of the molecule is CC(C)NC(=O)c1cc([C@@H]2CN(Cc3ccc4ncccc4c3)CCO2)nc2ccccc12. The Hall–Kier alpha value is -3.35. The van der Waals surface area contributed by atoms with E-state index in [1.807, 2.05) is 56.4 Å². The Morgan fingerprint density at radius 2 is 2.00 bits per heavy atom. The van der Waals surface area contributed by atoms with Gasteiger partial charge in [0.1, 0.15) is 6.10 Å². The number of morpholine rings is 1. The van der Waals surface area contributed by atoms with Gasteiger partial charge in [0.25, 0.3) is 5.91 Å². The Kier molecular flexibility index (Phi) is 6.03. The van der Waals surface area contributed by atoms with Crippen LogP contribution in [0.3, 0.4) is 0 Å². The van der Waals surface area contributed by atoms with Crippen LogP contribution >= 0.6 is 0 Å². The Bertz CT molecular complexity index is 1300. The van der Waals surface area contributed by atoms with Gasteiger partial charge >= 0.3 is 0 Å². The number of nitrogens with one attached hydrogen (secondary N) is 1. The highest BCUT2D eigenvalue weighted by Gasteiger charge is 2.25. The van der Waals surface area contributed by atoms with Gasteiger partial charge in [-0.1, -0.05) is 30.3 Å². The van der Waals surface area contributed by atoms with E-state index in [2.05, 4.69) is 39.5 Å². The first-order chi connectivity index (χ1) is 16.1. The average Bonchev–Trinajstić information content (AvgIpc) is 2.83. The molecule has 1 aliphatic rings. The van der Waals surface area contributed by atoms with Gasteiger partial charge in [-0.25, -0.2) is 4.98 Å². The number of nitrogens with zero attached hydrogens (tertiary/aromatic N) is 3. The molecular weight excluding hydrogens is 412 g/mol. The summed E-state index contributed by atoms with van der Waals surface area (Å²) in [6.07, 6.45) is 1.64. The molecule has 0 bridgehead atoms. The first kappa shape index (κ1) is 21.5. The molecule has 0 unspecified atom stereocenters. The Morgan fingerprint density at radius 1 is 1.12 bits per heavy atom. The number of rotatable bonds is 5. The predicted octanol–water partition coefficient (Wildman–Crippen LogP) is 4.49. The number of carbonyl (C=O) groups is 1. The second-order valence-electron chi connectivity index (χ2n) is 8.86. The number of benzene rings is 2. The molecule has 4 aromatic rings. The number of ether oxygens (including phenoxy) is 1.